The van der Waals surface area contributed by atoms with Crippen LogP contribution in [0.15, 0.2) is 67.1 Å². The summed E-state index contributed by atoms with van der Waals surface area (Å²) in [5.74, 6) is 0.0963. The van der Waals surface area contributed by atoms with Crippen LogP contribution in [0.5, 0.6) is 0 Å². The van der Waals surface area contributed by atoms with E-state index in [1.807, 2.05) is 36.4 Å². The molecule has 0 bridgehead atoms. The largest absolute Gasteiger partial charge is 0.378 e. The van der Waals surface area contributed by atoms with Gasteiger partial charge in [-0.05, 0) is 60.8 Å². The van der Waals surface area contributed by atoms with Gasteiger partial charge < -0.3 is 35.5 Å². The van der Waals surface area contributed by atoms with E-state index in [0.717, 1.165) is 66.1 Å². The summed E-state index contributed by atoms with van der Waals surface area (Å²) in [6.07, 6.45) is 5.04. The lowest BCUT2D eigenvalue weighted by Gasteiger charge is -2.35. The first-order valence-electron chi connectivity index (χ1n) is 19.2. The number of anilines is 2. The molecule has 56 heavy (non-hydrogen) atoms. The Morgan fingerprint density at radius 1 is 0.929 bits per heavy atom. The van der Waals surface area contributed by atoms with E-state index in [-0.39, 0.29) is 36.2 Å². The second-order valence-corrected chi connectivity index (χ2v) is 14.5. The number of carbonyl (C=O) groups is 4. The summed E-state index contributed by atoms with van der Waals surface area (Å²) < 4.78 is 5.51. The van der Waals surface area contributed by atoms with Crippen LogP contribution in [0.2, 0.25) is 0 Å². The number of piperidine rings is 1. The Kier molecular flexibility index (Phi) is 12.3. The molecule has 3 saturated heterocycles. The van der Waals surface area contributed by atoms with E-state index in [1.54, 1.807) is 17.4 Å². The molecule has 3 aliphatic heterocycles. The average molecular weight is 764 g/mol. The van der Waals surface area contributed by atoms with Crippen molar-refractivity contribution < 1.29 is 23.9 Å². The molecule has 7 rings (SSSR count). The van der Waals surface area contributed by atoms with Gasteiger partial charge >= 0.3 is 0 Å². The number of aromatic nitrogens is 4. The number of morpholine rings is 1. The Morgan fingerprint density at radius 2 is 1.71 bits per heavy atom. The minimum Gasteiger partial charge on any atom is -0.378 e. The fourth-order valence-corrected chi connectivity index (χ4v) is 7.41. The van der Waals surface area contributed by atoms with Gasteiger partial charge in [0.25, 0.3) is 5.91 Å². The molecule has 16 heteroatoms. The van der Waals surface area contributed by atoms with Crippen LogP contribution in [-0.2, 0) is 25.7 Å². The SMILES string of the molecule is C=C(CN1CCN(C(=O)CNC(C)=O)CC1)C(=O)N[C@@H]1CCCN(Cc2ccnc(C(=O)Nc3ccc(-c4cc5c(N6CCOCC6)ncnc5[nH]4)cc3)c2)C1. The predicted octanol–water partition coefficient (Wildman–Crippen LogP) is 2.03. The summed E-state index contributed by atoms with van der Waals surface area (Å²) in [6, 6.07) is 13.4. The molecule has 16 nitrogen and oxygen atoms in total. The van der Waals surface area contributed by atoms with Crippen LogP contribution in [0.3, 0.4) is 0 Å². The predicted molar refractivity (Wildman–Crippen MR) is 212 cm³/mol. The van der Waals surface area contributed by atoms with Crippen molar-refractivity contribution in [2.75, 3.05) is 88.9 Å². The van der Waals surface area contributed by atoms with E-state index >= 15 is 0 Å². The fraction of sp³-hybridized carbons (Fsp3) is 0.425. The molecule has 3 aliphatic rings. The molecule has 294 valence electrons. The highest BCUT2D eigenvalue weighted by Crippen LogP contribution is 2.30. The smallest absolute Gasteiger partial charge is 0.274 e. The van der Waals surface area contributed by atoms with E-state index in [1.165, 1.54) is 6.92 Å². The molecule has 1 aromatic carbocycles. The number of fused-ring (bicyclic) bond motifs is 1. The molecular weight excluding hydrogens is 715 g/mol. The molecule has 3 aromatic heterocycles. The molecule has 0 spiro atoms. The molecule has 6 heterocycles. The monoisotopic (exact) mass is 763 g/mol. The highest BCUT2D eigenvalue weighted by atomic mass is 16.5. The Hall–Kier alpha value is -5.71. The van der Waals surface area contributed by atoms with Gasteiger partial charge in [-0.25, -0.2) is 9.97 Å². The number of H-pyrrole nitrogens is 1. The molecule has 0 saturated carbocycles. The van der Waals surface area contributed by atoms with Gasteiger partial charge in [-0.2, -0.15) is 0 Å². The first-order chi connectivity index (χ1) is 27.2. The number of nitrogens with zero attached hydrogens (tertiary/aromatic N) is 7. The van der Waals surface area contributed by atoms with Crippen molar-refractivity contribution in [3.8, 4) is 11.3 Å². The summed E-state index contributed by atoms with van der Waals surface area (Å²) in [5, 5.41) is 9.65. The van der Waals surface area contributed by atoms with Crippen molar-refractivity contribution in [2.24, 2.45) is 0 Å². The van der Waals surface area contributed by atoms with Crippen LogP contribution in [0.1, 0.15) is 35.8 Å². The summed E-state index contributed by atoms with van der Waals surface area (Å²) in [5.41, 5.74) is 5.07. The number of hydrogen-bond acceptors (Lipinski definition) is 11. The lowest BCUT2D eigenvalue weighted by atomic mass is 10.0. The highest BCUT2D eigenvalue weighted by molar-refractivity contribution is 6.03. The number of hydrogen-bond donors (Lipinski definition) is 4. The standard InChI is InChI=1S/C40H49N11O5/c1-27(23-48-12-14-50(15-13-48)36(53)22-42-28(2)52)39(54)46-32-4-3-11-49(25-32)24-29-9-10-41-35(20-29)40(55)45-31-7-5-30(6-8-31)34-21-33-37(47-34)43-26-44-38(33)51-16-18-56-19-17-51/h5-10,20-21,26,32H,1,3-4,11-19,22-25H2,2H3,(H,42,52)(H,45,55)(H,46,54)(H,43,44,47)/t32-/m1/s1. The maximum absolute atomic E-state index is 13.3. The Labute approximate surface area is 325 Å². The second-order valence-electron chi connectivity index (χ2n) is 14.5. The number of aromatic amines is 1. The van der Waals surface area contributed by atoms with Crippen molar-refractivity contribution in [3.63, 3.8) is 0 Å². The fourth-order valence-electron chi connectivity index (χ4n) is 7.41. The van der Waals surface area contributed by atoms with Gasteiger partial charge in [0.15, 0.2) is 0 Å². The molecule has 4 amide bonds. The summed E-state index contributed by atoms with van der Waals surface area (Å²) in [6.45, 7) is 13.3. The minimum atomic E-state index is -0.295. The van der Waals surface area contributed by atoms with E-state index in [0.29, 0.717) is 76.0 Å². The number of carbonyl (C=O) groups excluding carboxylic acids is 4. The average Bonchev–Trinajstić information content (AvgIpc) is 3.66. The number of pyridine rings is 1. The van der Waals surface area contributed by atoms with Gasteiger partial charge in [-0.15, -0.1) is 0 Å². The Bertz CT molecular complexity index is 2050. The van der Waals surface area contributed by atoms with Crippen LogP contribution in [-0.4, -0.2) is 143 Å². The quantitative estimate of drug-likeness (QED) is 0.155. The maximum atomic E-state index is 13.3. The van der Waals surface area contributed by atoms with Crippen molar-refractivity contribution in [3.05, 3.63) is 78.4 Å². The number of ether oxygens (including phenoxy) is 1. The lowest BCUT2D eigenvalue weighted by Crippen LogP contribution is -2.52. The molecule has 1 atom stereocenters. The van der Waals surface area contributed by atoms with Gasteiger partial charge in [0.2, 0.25) is 17.7 Å². The minimum absolute atomic E-state index is 0.00141. The molecule has 4 aromatic rings. The summed E-state index contributed by atoms with van der Waals surface area (Å²) >= 11 is 0. The number of benzene rings is 1. The third kappa shape index (κ3) is 9.74. The Morgan fingerprint density at radius 3 is 2.48 bits per heavy atom. The third-order valence-corrected chi connectivity index (χ3v) is 10.4. The number of piperazine rings is 1. The molecule has 0 aliphatic carbocycles. The van der Waals surface area contributed by atoms with E-state index in [4.69, 9.17) is 4.74 Å². The van der Waals surface area contributed by atoms with E-state index in [9.17, 15) is 19.2 Å². The third-order valence-electron chi connectivity index (χ3n) is 10.4. The maximum Gasteiger partial charge on any atom is 0.274 e. The van der Waals surface area contributed by atoms with Crippen LogP contribution < -0.4 is 20.9 Å². The number of nitrogens with one attached hydrogen (secondary N) is 4. The van der Waals surface area contributed by atoms with Crippen molar-refractivity contribution in [1.82, 2.24) is 45.3 Å². The highest BCUT2D eigenvalue weighted by Gasteiger charge is 2.26. The number of amides is 4. The zero-order valence-corrected chi connectivity index (χ0v) is 31.8. The normalized spacial score (nSPS) is 18.1. The van der Waals surface area contributed by atoms with Gasteiger partial charge in [0, 0.05) is 95.0 Å². The lowest BCUT2D eigenvalue weighted by molar-refractivity contribution is -0.134. The van der Waals surface area contributed by atoms with Crippen LogP contribution >= 0.6 is 0 Å². The summed E-state index contributed by atoms with van der Waals surface area (Å²) in [7, 11) is 0. The Balaban J connectivity index is 0.877. The zero-order chi connectivity index (χ0) is 39.0. The topological polar surface area (TPSA) is 181 Å². The van der Waals surface area contributed by atoms with Crippen molar-refractivity contribution in [1.29, 1.82) is 0 Å². The second kappa shape index (κ2) is 17.8. The van der Waals surface area contributed by atoms with Gasteiger partial charge in [0.1, 0.15) is 23.5 Å². The molecule has 3 fully saturated rings. The molecular formula is C40H49N11O5. The van der Waals surface area contributed by atoms with Gasteiger partial charge in [-0.1, -0.05) is 18.7 Å². The van der Waals surface area contributed by atoms with E-state index < -0.39 is 0 Å². The zero-order valence-electron chi connectivity index (χ0n) is 31.8. The van der Waals surface area contributed by atoms with Crippen molar-refractivity contribution in [2.45, 2.75) is 32.4 Å². The van der Waals surface area contributed by atoms with Crippen LogP contribution in [0, 0.1) is 0 Å². The van der Waals surface area contributed by atoms with Gasteiger partial charge in [0.05, 0.1) is 25.1 Å². The summed E-state index contributed by atoms with van der Waals surface area (Å²) in [4.78, 5) is 74.9. The first kappa shape index (κ1) is 38.6. The van der Waals surface area contributed by atoms with Gasteiger partial charge in [-0.3, -0.25) is 34.0 Å². The van der Waals surface area contributed by atoms with E-state index in [2.05, 4.69) is 63.2 Å². The number of rotatable bonds is 12. The first-order valence-corrected chi connectivity index (χ1v) is 19.2. The van der Waals surface area contributed by atoms with Crippen LogP contribution in [0.25, 0.3) is 22.3 Å². The number of likely N-dealkylation sites (tertiary alicyclic amines) is 1. The molecule has 0 unspecified atom stereocenters. The van der Waals surface area contributed by atoms with Crippen molar-refractivity contribution >= 4 is 46.2 Å². The van der Waals surface area contributed by atoms with Crippen LogP contribution in [0.4, 0.5) is 11.5 Å². The molecule has 0 radical (unpaired) electrons. The molecule has 4 N–H and O–H groups in total.